The van der Waals surface area contributed by atoms with Crippen LogP contribution in [0.25, 0.3) is 10.8 Å². The van der Waals surface area contributed by atoms with Gasteiger partial charge in [-0.25, -0.2) is 8.42 Å². The Kier molecular flexibility index (Phi) is 5.76. The van der Waals surface area contributed by atoms with Gasteiger partial charge in [0, 0.05) is 11.4 Å². The molecule has 26 heavy (non-hydrogen) atoms. The number of halogens is 2. The Morgan fingerprint density at radius 1 is 1.19 bits per heavy atom. The van der Waals surface area contributed by atoms with Crippen LogP contribution in [0.5, 0.6) is 0 Å². The maximum atomic E-state index is 12.2. The molecule has 1 amide bonds. The molecule has 3 aromatic rings. The second kappa shape index (κ2) is 7.87. The van der Waals surface area contributed by atoms with Gasteiger partial charge in [0.05, 0.1) is 19.3 Å². The lowest BCUT2D eigenvalue weighted by Crippen LogP contribution is -2.17. The number of hydrogen-bond donors (Lipinski definition) is 1. The summed E-state index contributed by atoms with van der Waals surface area (Å²) in [6.45, 7) is 0. The standard InChI is InChI=1S/C15H11BrClN3O4S2/c16-12-6-5-11(25-12)14-19-20-15(24-14)18-13(21)7-8-26(22,23)10-3-1-9(17)2-4-10/h1-6H,7-8H2,(H,18,20,21). The Balaban J connectivity index is 1.59. The van der Waals surface area contributed by atoms with Gasteiger partial charge in [0.1, 0.15) is 0 Å². The Bertz CT molecular complexity index is 1030. The van der Waals surface area contributed by atoms with Crippen molar-refractivity contribution in [1.82, 2.24) is 10.2 Å². The minimum atomic E-state index is -3.59. The summed E-state index contributed by atoms with van der Waals surface area (Å²) in [5.41, 5.74) is 0. The summed E-state index contributed by atoms with van der Waals surface area (Å²) in [5, 5.41) is 10.4. The first-order valence-electron chi connectivity index (χ1n) is 7.21. The van der Waals surface area contributed by atoms with Crippen LogP contribution in [0.3, 0.4) is 0 Å². The monoisotopic (exact) mass is 475 g/mol. The molecule has 0 saturated heterocycles. The molecule has 0 saturated carbocycles. The molecule has 3 rings (SSSR count). The van der Waals surface area contributed by atoms with Crippen LogP contribution >= 0.6 is 38.9 Å². The average Bonchev–Trinajstić information content (AvgIpc) is 3.22. The van der Waals surface area contributed by atoms with Crippen molar-refractivity contribution < 1.29 is 17.6 Å². The topological polar surface area (TPSA) is 102 Å². The van der Waals surface area contributed by atoms with Crippen LogP contribution in [0.15, 0.2) is 49.5 Å². The number of thiophene rings is 1. The fourth-order valence-corrected chi connectivity index (χ4v) is 4.65. The van der Waals surface area contributed by atoms with Crippen LogP contribution in [-0.2, 0) is 14.6 Å². The number of aromatic nitrogens is 2. The number of anilines is 1. The van der Waals surface area contributed by atoms with Gasteiger partial charge >= 0.3 is 6.01 Å². The molecule has 1 aromatic carbocycles. The number of hydrogen-bond acceptors (Lipinski definition) is 7. The molecule has 1 N–H and O–H groups in total. The van der Waals surface area contributed by atoms with E-state index in [4.69, 9.17) is 16.0 Å². The van der Waals surface area contributed by atoms with Crippen molar-refractivity contribution in [2.75, 3.05) is 11.1 Å². The number of carbonyl (C=O) groups excluding carboxylic acids is 1. The molecule has 0 aliphatic carbocycles. The maximum absolute atomic E-state index is 12.2. The van der Waals surface area contributed by atoms with E-state index in [9.17, 15) is 13.2 Å². The zero-order valence-electron chi connectivity index (χ0n) is 13.0. The molecule has 0 aliphatic heterocycles. The third-order valence-electron chi connectivity index (χ3n) is 3.23. The van der Waals surface area contributed by atoms with Crippen molar-refractivity contribution in [2.24, 2.45) is 0 Å². The highest BCUT2D eigenvalue weighted by Gasteiger charge is 2.18. The lowest BCUT2D eigenvalue weighted by molar-refractivity contribution is -0.115. The van der Waals surface area contributed by atoms with Crippen LogP contribution in [0, 0.1) is 0 Å². The van der Waals surface area contributed by atoms with Crippen LogP contribution in [-0.4, -0.2) is 30.3 Å². The number of carbonyl (C=O) groups is 1. The molecule has 0 bridgehead atoms. The second-order valence-electron chi connectivity index (χ2n) is 5.09. The average molecular weight is 477 g/mol. The van der Waals surface area contributed by atoms with Gasteiger partial charge in [-0.3, -0.25) is 10.1 Å². The highest BCUT2D eigenvalue weighted by atomic mass is 79.9. The van der Waals surface area contributed by atoms with Gasteiger partial charge < -0.3 is 4.42 Å². The van der Waals surface area contributed by atoms with Crippen LogP contribution < -0.4 is 5.32 Å². The van der Waals surface area contributed by atoms with Gasteiger partial charge in [-0.05, 0) is 52.3 Å². The van der Waals surface area contributed by atoms with E-state index in [2.05, 4.69) is 31.4 Å². The summed E-state index contributed by atoms with van der Waals surface area (Å²) in [6, 6.07) is 9.32. The molecule has 136 valence electrons. The normalized spacial score (nSPS) is 11.5. The Morgan fingerprint density at radius 3 is 2.58 bits per heavy atom. The molecule has 0 fully saturated rings. The molecule has 11 heteroatoms. The predicted molar refractivity (Wildman–Crippen MR) is 102 cm³/mol. The largest absolute Gasteiger partial charge is 0.402 e. The molecule has 2 aromatic heterocycles. The van der Waals surface area contributed by atoms with E-state index in [0.29, 0.717) is 5.02 Å². The Morgan fingerprint density at radius 2 is 1.92 bits per heavy atom. The van der Waals surface area contributed by atoms with Gasteiger partial charge in [-0.2, -0.15) is 0 Å². The predicted octanol–water partition coefficient (Wildman–Crippen LogP) is 4.02. The lowest BCUT2D eigenvalue weighted by atomic mass is 10.4. The van der Waals surface area contributed by atoms with Crippen LogP contribution in [0.1, 0.15) is 6.42 Å². The molecular weight excluding hydrogens is 466 g/mol. The summed E-state index contributed by atoms with van der Waals surface area (Å²) in [4.78, 5) is 12.8. The van der Waals surface area contributed by atoms with E-state index in [-0.39, 0.29) is 29.0 Å². The SMILES string of the molecule is O=C(CCS(=O)(=O)c1ccc(Cl)cc1)Nc1nnc(-c2ccc(Br)s2)o1. The zero-order chi connectivity index (χ0) is 18.7. The highest BCUT2D eigenvalue weighted by Crippen LogP contribution is 2.30. The number of rotatable bonds is 6. The van der Waals surface area contributed by atoms with Crippen LogP contribution in [0.4, 0.5) is 6.01 Å². The van der Waals surface area contributed by atoms with E-state index in [1.807, 2.05) is 6.07 Å². The van der Waals surface area contributed by atoms with Crippen molar-refractivity contribution in [1.29, 1.82) is 0 Å². The summed E-state index contributed by atoms with van der Waals surface area (Å²) >= 11 is 10.5. The Labute approximate surface area is 166 Å². The molecule has 7 nitrogen and oxygen atoms in total. The van der Waals surface area contributed by atoms with Crippen LogP contribution in [0.2, 0.25) is 5.02 Å². The lowest BCUT2D eigenvalue weighted by Gasteiger charge is -2.04. The van der Waals surface area contributed by atoms with Gasteiger partial charge in [0.25, 0.3) is 5.89 Å². The number of benzene rings is 1. The second-order valence-corrected chi connectivity index (χ2v) is 10.1. The van der Waals surface area contributed by atoms with Crippen molar-refractivity contribution in [2.45, 2.75) is 11.3 Å². The van der Waals surface area contributed by atoms with E-state index in [0.717, 1.165) is 8.66 Å². The van der Waals surface area contributed by atoms with Crippen molar-refractivity contribution in [3.63, 3.8) is 0 Å². The molecule has 0 aliphatic rings. The zero-order valence-corrected chi connectivity index (χ0v) is 17.0. The maximum Gasteiger partial charge on any atom is 0.322 e. The van der Waals surface area contributed by atoms with E-state index < -0.39 is 15.7 Å². The first-order valence-corrected chi connectivity index (χ1v) is 10.8. The number of sulfone groups is 1. The minimum absolute atomic E-state index is 0.0848. The van der Waals surface area contributed by atoms with Gasteiger partial charge in [0.15, 0.2) is 9.84 Å². The summed E-state index contributed by atoms with van der Waals surface area (Å²) in [6.07, 6.45) is -0.243. The smallest absolute Gasteiger partial charge is 0.322 e. The minimum Gasteiger partial charge on any atom is -0.402 e. The van der Waals surface area contributed by atoms with E-state index >= 15 is 0 Å². The Hall–Kier alpha value is -1.75. The van der Waals surface area contributed by atoms with Gasteiger partial charge in [-0.1, -0.05) is 16.7 Å². The quantitative estimate of drug-likeness (QED) is 0.576. The third-order valence-corrected chi connectivity index (χ3v) is 6.82. The first-order chi connectivity index (χ1) is 12.3. The number of nitrogens with zero attached hydrogens (tertiary/aromatic N) is 2. The molecular formula is C15H11BrClN3O4S2. The van der Waals surface area contributed by atoms with Gasteiger partial charge in [-0.15, -0.1) is 16.4 Å². The molecule has 0 spiro atoms. The van der Waals surface area contributed by atoms with Crippen molar-refractivity contribution in [3.8, 4) is 10.8 Å². The fraction of sp³-hybridized carbons (Fsp3) is 0.133. The molecule has 0 atom stereocenters. The molecule has 0 radical (unpaired) electrons. The summed E-state index contributed by atoms with van der Waals surface area (Å²) in [5.74, 6) is -0.617. The van der Waals surface area contributed by atoms with Gasteiger partial charge in [0.2, 0.25) is 5.91 Å². The summed E-state index contributed by atoms with van der Waals surface area (Å²) < 4.78 is 30.7. The first kappa shape index (κ1) is 19.0. The van der Waals surface area contributed by atoms with E-state index in [1.54, 1.807) is 6.07 Å². The number of nitrogens with one attached hydrogen (secondary N) is 1. The summed E-state index contributed by atoms with van der Waals surface area (Å²) in [7, 11) is -3.59. The highest BCUT2D eigenvalue weighted by molar-refractivity contribution is 9.11. The molecule has 2 heterocycles. The third kappa shape index (κ3) is 4.70. The van der Waals surface area contributed by atoms with E-state index in [1.165, 1.54) is 35.6 Å². The fourth-order valence-electron chi connectivity index (χ4n) is 1.97. The van der Waals surface area contributed by atoms with Crippen molar-refractivity contribution in [3.05, 3.63) is 45.2 Å². The molecule has 0 unspecified atom stereocenters. The van der Waals surface area contributed by atoms with Crippen molar-refractivity contribution >= 4 is 60.6 Å². The number of amides is 1.